The zero-order chi connectivity index (χ0) is 10.8. The SMILES string of the molecule is Cc1sc(C(O)C2CCCCN2)cc1Br. The number of aryl methyl sites for hydroxylation is 1. The number of aliphatic hydroxyl groups is 1. The van der Waals surface area contributed by atoms with Crippen LogP contribution in [0.2, 0.25) is 0 Å². The van der Waals surface area contributed by atoms with Crippen LogP contribution in [0, 0.1) is 6.92 Å². The van der Waals surface area contributed by atoms with E-state index < -0.39 is 0 Å². The molecule has 1 aliphatic heterocycles. The normalized spacial score (nSPS) is 24.1. The minimum atomic E-state index is -0.347. The van der Waals surface area contributed by atoms with E-state index in [0.717, 1.165) is 22.3 Å². The third kappa shape index (κ3) is 2.61. The van der Waals surface area contributed by atoms with E-state index in [4.69, 9.17) is 0 Å². The predicted octanol–water partition coefficient (Wildman–Crippen LogP) is 2.99. The molecule has 1 aromatic rings. The van der Waals surface area contributed by atoms with Gasteiger partial charge < -0.3 is 10.4 Å². The number of thiophene rings is 1. The van der Waals surface area contributed by atoms with E-state index in [1.54, 1.807) is 11.3 Å². The zero-order valence-corrected chi connectivity index (χ0v) is 11.2. The molecule has 0 aliphatic carbocycles. The molecule has 2 unspecified atom stereocenters. The quantitative estimate of drug-likeness (QED) is 0.877. The lowest BCUT2D eigenvalue weighted by molar-refractivity contribution is 0.117. The van der Waals surface area contributed by atoms with Crippen molar-refractivity contribution in [1.29, 1.82) is 0 Å². The van der Waals surface area contributed by atoms with E-state index in [2.05, 4.69) is 28.2 Å². The van der Waals surface area contributed by atoms with Crippen LogP contribution >= 0.6 is 27.3 Å². The van der Waals surface area contributed by atoms with Crippen LogP contribution in [0.4, 0.5) is 0 Å². The van der Waals surface area contributed by atoms with E-state index >= 15 is 0 Å². The average molecular weight is 290 g/mol. The lowest BCUT2D eigenvalue weighted by Gasteiger charge is -2.27. The fourth-order valence-corrected chi connectivity index (χ4v) is 3.59. The van der Waals surface area contributed by atoms with Crippen molar-refractivity contribution in [2.24, 2.45) is 0 Å². The predicted molar refractivity (Wildman–Crippen MR) is 67.4 cm³/mol. The van der Waals surface area contributed by atoms with Gasteiger partial charge in [0.25, 0.3) is 0 Å². The smallest absolute Gasteiger partial charge is 0.103 e. The molecule has 4 heteroatoms. The van der Waals surface area contributed by atoms with Gasteiger partial charge in [0.05, 0.1) is 0 Å². The van der Waals surface area contributed by atoms with Gasteiger partial charge in [0, 0.05) is 20.3 Å². The molecular formula is C11H16BrNOS. The van der Waals surface area contributed by atoms with E-state index in [0.29, 0.717) is 0 Å². The van der Waals surface area contributed by atoms with Gasteiger partial charge in [-0.15, -0.1) is 11.3 Å². The summed E-state index contributed by atoms with van der Waals surface area (Å²) in [5.41, 5.74) is 0. The van der Waals surface area contributed by atoms with Crippen molar-refractivity contribution in [3.8, 4) is 0 Å². The van der Waals surface area contributed by atoms with Gasteiger partial charge in [-0.25, -0.2) is 0 Å². The standard InChI is InChI=1S/C11H16BrNOS/c1-7-8(12)6-10(15-7)11(14)9-4-2-3-5-13-9/h6,9,11,13-14H,2-5H2,1H3. The Morgan fingerprint density at radius 1 is 1.60 bits per heavy atom. The van der Waals surface area contributed by atoms with Crippen molar-refractivity contribution >= 4 is 27.3 Å². The summed E-state index contributed by atoms with van der Waals surface area (Å²) < 4.78 is 1.11. The number of hydrogen-bond acceptors (Lipinski definition) is 3. The number of rotatable bonds is 2. The zero-order valence-electron chi connectivity index (χ0n) is 8.79. The fourth-order valence-electron chi connectivity index (χ4n) is 1.97. The van der Waals surface area contributed by atoms with Crippen LogP contribution in [0.25, 0.3) is 0 Å². The van der Waals surface area contributed by atoms with Gasteiger partial charge in [-0.05, 0) is 48.3 Å². The molecule has 1 fully saturated rings. The Bertz CT molecular complexity index is 314. The highest BCUT2D eigenvalue weighted by Crippen LogP contribution is 2.33. The van der Waals surface area contributed by atoms with Crippen LogP contribution in [0.15, 0.2) is 10.5 Å². The van der Waals surface area contributed by atoms with Crippen molar-refractivity contribution in [3.05, 3.63) is 20.3 Å². The first-order chi connectivity index (χ1) is 7.18. The summed E-state index contributed by atoms with van der Waals surface area (Å²) in [5, 5.41) is 13.6. The second-order valence-corrected chi connectivity index (χ2v) is 6.20. The van der Waals surface area contributed by atoms with Crippen LogP contribution < -0.4 is 5.32 Å². The minimum absolute atomic E-state index is 0.240. The molecule has 15 heavy (non-hydrogen) atoms. The van der Waals surface area contributed by atoms with Gasteiger partial charge in [-0.2, -0.15) is 0 Å². The van der Waals surface area contributed by atoms with E-state index in [1.807, 2.05) is 6.07 Å². The van der Waals surface area contributed by atoms with Crippen molar-refractivity contribution in [1.82, 2.24) is 5.32 Å². The van der Waals surface area contributed by atoms with Gasteiger partial charge in [0.2, 0.25) is 0 Å². The highest BCUT2D eigenvalue weighted by molar-refractivity contribution is 9.10. The maximum Gasteiger partial charge on any atom is 0.103 e. The number of nitrogens with one attached hydrogen (secondary N) is 1. The van der Waals surface area contributed by atoms with Crippen LogP contribution in [-0.4, -0.2) is 17.7 Å². The molecule has 2 heterocycles. The molecule has 84 valence electrons. The molecule has 1 aliphatic rings. The first kappa shape index (κ1) is 11.6. The molecule has 1 aromatic heterocycles. The van der Waals surface area contributed by atoms with Gasteiger partial charge in [0.15, 0.2) is 0 Å². The lowest BCUT2D eigenvalue weighted by Crippen LogP contribution is -2.38. The topological polar surface area (TPSA) is 32.3 Å². The van der Waals surface area contributed by atoms with Crippen LogP contribution in [0.5, 0.6) is 0 Å². The largest absolute Gasteiger partial charge is 0.386 e. The van der Waals surface area contributed by atoms with Crippen LogP contribution in [0.3, 0.4) is 0 Å². The van der Waals surface area contributed by atoms with E-state index in [-0.39, 0.29) is 12.1 Å². The minimum Gasteiger partial charge on any atom is -0.386 e. The van der Waals surface area contributed by atoms with Crippen LogP contribution in [0.1, 0.15) is 35.1 Å². The van der Waals surface area contributed by atoms with Crippen molar-refractivity contribution in [3.63, 3.8) is 0 Å². The maximum atomic E-state index is 10.2. The summed E-state index contributed by atoms with van der Waals surface area (Å²) in [7, 11) is 0. The maximum absolute atomic E-state index is 10.2. The second-order valence-electron chi connectivity index (χ2n) is 4.05. The van der Waals surface area contributed by atoms with Crippen molar-refractivity contribution in [2.75, 3.05) is 6.54 Å². The molecule has 1 saturated heterocycles. The summed E-state index contributed by atoms with van der Waals surface area (Å²) in [6.07, 6.45) is 3.19. The van der Waals surface area contributed by atoms with Gasteiger partial charge >= 0.3 is 0 Å². The summed E-state index contributed by atoms with van der Waals surface area (Å²) >= 11 is 5.17. The average Bonchev–Trinajstić information content (AvgIpc) is 2.59. The summed E-state index contributed by atoms with van der Waals surface area (Å²) in [6.45, 7) is 3.10. The number of hydrogen-bond donors (Lipinski definition) is 2. The molecule has 2 nitrogen and oxygen atoms in total. The van der Waals surface area contributed by atoms with Crippen molar-refractivity contribution < 1.29 is 5.11 Å². The molecule has 2 N–H and O–H groups in total. The molecule has 0 amide bonds. The van der Waals surface area contributed by atoms with Gasteiger partial charge in [0.1, 0.15) is 6.10 Å². The fraction of sp³-hybridized carbons (Fsp3) is 0.636. The molecule has 0 radical (unpaired) electrons. The first-order valence-corrected chi connectivity index (χ1v) is 6.96. The highest BCUT2D eigenvalue weighted by atomic mass is 79.9. The third-order valence-corrected chi connectivity index (χ3v) is 5.10. The second kappa shape index (κ2) is 4.95. The van der Waals surface area contributed by atoms with Crippen LogP contribution in [-0.2, 0) is 0 Å². The molecule has 2 atom stereocenters. The molecule has 0 saturated carbocycles. The molecule has 0 spiro atoms. The van der Waals surface area contributed by atoms with E-state index in [9.17, 15) is 5.11 Å². The van der Waals surface area contributed by atoms with Gasteiger partial charge in [-0.1, -0.05) is 6.42 Å². The summed E-state index contributed by atoms with van der Waals surface area (Å²) in [4.78, 5) is 2.30. The summed E-state index contributed by atoms with van der Waals surface area (Å²) in [6, 6.07) is 2.28. The highest BCUT2D eigenvalue weighted by Gasteiger charge is 2.24. The monoisotopic (exact) mass is 289 g/mol. The Morgan fingerprint density at radius 2 is 2.40 bits per heavy atom. The Labute approximate surface area is 103 Å². The molecular weight excluding hydrogens is 274 g/mol. The first-order valence-electron chi connectivity index (χ1n) is 5.36. The summed E-state index contributed by atoms with van der Waals surface area (Å²) in [5.74, 6) is 0. The molecule has 2 rings (SSSR count). The molecule has 0 bridgehead atoms. The Kier molecular flexibility index (Phi) is 3.83. The number of piperidine rings is 1. The Balaban J connectivity index is 2.08. The Hall–Kier alpha value is 0.100. The van der Waals surface area contributed by atoms with Crippen molar-refractivity contribution in [2.45, 2.75) is 38.3 Å². The number of aliphatic hydroxyl groups excluding tert-OH is 1. The number of halogens is 1. The van der Waals surface area contributed by atoms with E-state index in [1.165, 1.54) is 17.7 Å². The van der Waals surface area contributed by atoms with Gasteiger partial charge in [-0.3, -0.25) is 0 Å². The lowest BCUT2D eigenvalue weighted by atomic mass is 9.99. The third-order valence-electron chi connectivity index (χ3n) is 2.90. The Morgan fingerprint density at radius 3 is 2.93 bits per heavy atom. The molecule has 0 aromatic carbocycles.